The van der Waals surface area contributed by atoms with Gasteiger partial charge < -0.3 is 0 Å². The maximum Gasteiger partial charge on any atom is 0.417 e. The van der Waals surface area contributed by atoms with Gasteiger partial charge in [0, 0.05) is 6.20 Å². The van der Waals surface area contributed by atoms with E-state index in [4.69, 9.17) is 5.26 Å². The molecule has 0 atom stereocenters. The summed E-state index contributed by atoms with van der Waals surface area (Å²) in [6.07, 6.45) is -2.46. The van der Waals surface area contributed by atoms with Crippen LogP contribution < -0.4 is 0 Å². The van der Waals surface area contributed by atoms with Crippen molar-refractivity contribution in [3.05, 3.63) is 65.2 Å². The quantitative estimate of drug-likeness (QED) is 0.611. The van der Waals surface area contributed by atoms with Crippen molar-refractivity contribution in [1.29, 1.82) is 5.26 Å². The fourth-order valence-electron chi connectivity index (χ4n) is 1.65. The van der Waals surface area contributed by atoms with E-state index in [9.17, 15) is 17.6 Å². The van der Waals surface area contributed by atoms with Gasteiger partial charge in [0.05, 0.1) is 16.8 Å². The van der Waals surface area contributed by atoms with Crippen LogP contribution in [0.25, 0.3) is 11.6 Å². The Balaban J connectivity index is 2.36. The first kappa shape index (κ1) is 14.7. The molecule has 2 aromatic rings. The summed E-state index contributed by atoms with van der Waals surface area (Å²) in [5.74, 6) is -0.471. The van der Waals surface area contributed by atoms with Crippen LogP contribution in [0.1, 0.15) is 16.8 Å². The van der Waals surface area contributed by atoms with Gasteiger partial charge in [0.25, 0.3) is 0 Å². The van der Waals surface area contributed by atoms with Gasteiger partial charge in [-0.15, -0.1) is 0 Å². The molecule has 0 saturated heterocycles. The molecule has 0 N–H and O–H groups in total. The Morgan fingerprint density at radius 3 is 2.48 bits per heavy atom. The normalized spacial score (nSPS) is 12.0. The number of aromatic nitrogens is 1. The predicted molar refractivity (Wildman–Crippen MR) is 69.1 cm³/mol. The second-order valence-corrected chi connectivity index (χ2v) is 4.15. The van der Waals surface area contributed by atoms with Crippen LogP contribution in [0.4, 0.5) is 17.6 Å². The van der Waals surface area contributed by atoms with Crippen molar-refractivity contribution < 1.29 is 17.6 Å². The van der Waals surface area contributed by atoms with Crippen molar-refractivity contribution in [1.82, 2.24) is 4.98 Å². The molecule has 6 heteroatoms. The largest absolute Gasteiger partial charge is 0.417 e. The number of hydrogen-bond acceptors (Lipinski definition) is 2. The van der Waals surface area contributed by atoms with Gasteiger partial charge in [-0.1, -0.05) is 12.1 Å². The Labute approximate surface area is 118 Å². The Hall–Kier alpha value is -2.68. The smallest absolute Gasteiger partial charge is 0.255 e. The molecule has 0 saturated carbocycles. The van der Waals surface area contributed by atoms with Crippen LogP contribution in [0.5, 0.6) is 0 Å². The topological polar surface area (TPSA) is 36.7 Å². The summed E-state index contributed by atoms with van der Waals surface area (Å²) >= 11 is 0. The number of allylic oxidation sites excluding steroid dienone is 1. The third kappa shape index (κ3) is 3.66. The molecule has 2 nitrogen and oxygen atoms in total. The zero-order valence-electron chi connectivity index (χ0n) is 10.5. The molecule has 0 aliphatic rings. The van der Waals surface area contributed by atoms with Crippen molar-refractivity contribution in [2.75, 3.05) is 0 Å². The van der Waals surface area contributed by atoms with Gasteiger partial charge in [-0.2, -0.15) is 18.4 Å². The summed E-state index contributed by atoms with van der Waals surface area (Å²) in [4.78, 5) is 3.63. The van der Waals surface area contributed by atoms with Gasteiger partial charge in [-0.3, -0.25) is 4.98 Å². The lowest BCUT2D eigenvalue weighted by atomic mass is 10.1. The molecule has 1 aromatic carbocycles. The zero-order chi connectivity index (χ0) is 15.5. The summed E-state index contributed by atoms with van der Waals surface area (Å²) in [6.45, 7) is 0. The van der Waals surface area contributed by atoms with Crippen molar-refractivity contribution >= 4 is 11.6 Å². The standard InChI is InChI=1S/C15H8F4N2/c16-13-3-1-2-10(7-13)6-11(8-20)14-5-4-12(9-21-14)15(17,18)19/h1-7,9H/b11-6-. The number of pyridine rings is 1. The number of rotatable bonds is 2. The first-order valence-corrected chi connectivity index (χ1v) is 5.81. The summed E-state index contributed by atoms with van der Waals surface area (Å²) < 4.78 is 50.4. The molecular formula is C15H8F4N2. The van der Waals surface area contributed by atoms with Crippen LogP contribution in [0.3, 0.4) is 0 Å². The maximum absolute atomic E-state index is 13.1. The van der Waals surface area contributed by atoms with Gasteiger partial charge in [-0.25, -0.2) is 4.39 Å². The Morgan fingerprint density at radius 2 is 1.95 bits per heavy atom. The van der Waals surface area contributed by atoms with E-state index in [1.807, 2.05) is 6.07 Å². The Bertz CT molecular complexity index is 710. The van der Waals surface area contributed by atoms with Crippen LogP contribution in [0, 0.1) is 17.1 Å². The molecule has 2 rings (SSSR count). The van der Waals surface area contributed by atoms with Gasteiger partial charge in [-0.05, 0) is 35.9 Å². The third-order valence-corrected chi connectivity index (χ3v) is 2.65. The zero-order valence-corrected chi connectivity index (χ0v) is 10.5. The molecule has 1 aromatic heterocycles. The van der Waals surface area contributed by atoms with Crippen molar-refractivity contribution in [3.63, 3.8) is 0 Å². The minimum absolute atomic E-state index is 0.0503. The second kappa shape index (κ2) is 5.75. The van der Waals surface area contributed by atoms with E-state index in [-0.39, 0.29) is 11.3 Å². The molecule has 0 spiro atoms. The van der Waals surface area contributed by atoms with E-state index in [0.717, 1.165) is 12.1 Å². The molecule has 0 unspecified atom stereocenters. The number of halogens is 4. The monoisotopic (exact) mass is 292 g/mol. The molecule has 106 valence electrons. The van der Waals surface area contributed by atoms with Crippen LogP contribution in [0.15, 0.2) is 42.6 Å². The average Bonchev–Trinajstić information content (AvgIpc) is 2.44. The van der Waals surface area contributed by atoms with Crippen LogP contribution in [-0.2, 0) is 6.18 Å². The minimum Gasteiger partial charge on any atom is -0.255 e. The summed E-state index contributed by atoms with van der Waals surface area (Å²) in [5, 5.41) is 9.06. The summed E-state index contributed by atoms with van der Waals surface area (Å²) in [7, 11) is 0. The highest BCUT2D eigenvalue weighted by Crippen LogP contribution is 2.29. The lowest BCUT2D eigenvalue weighted by molar-refractivity contribution is -0.137. The van der Waals surface area contributed by atoms with E-state index in [0.29, 0.717) is 11.8 Å². The predicted octanol–water partition coefficient (Wildman–Crippen LogP) is 4.30. The van der Waals surface area contributed by atoms with Gasteiger partial charge in [0.2, 0.25) is 0 Å². The molecule has 0 radical (unpaired) electrons. The maximum atomic E-state index is 13.1. The number of benzene rings is 1. The number of nitrogens with zero attached hydrogens (tertiary/aromatic N) is 2. The number of alkyl halides is 3. The molecule has 0 aliphatic heterocycles. The van der Waals surface area contributed by atoms with E-state index in [2.05, 4.69) is 4.98 Å². The van der Waals surface area contributed by atoms with Gasteiger partial charge in [0.15, 0.2) is 0 Å². The minimum atomic E-state index is -4.48. The summed E-state index contributed by atoms with van der Waals surface area (Å²) in [6, 6.07) is 9.30. The molecule has 1 heterocycles. The van der Waals surface area contributed by atoms with Crippen LogP contribution in [0.2, 0.25) is 0 Å². The molecule has 0 bridgehead atoms. The molecule has 21 heavy (non-hydrogen) atoms. The first-order chi connectivity index (χ1) is 9.90. The average molecular weight is 292 g/mol. The number of nitriles is 1. The lowest BCUT2D eigenvalue weighted by Crippen LogP contribution is -2.05. The highest BCUT2D eigenvalue weighted by molar-refractivity contribution is 5.88. The SMILES string of the molecule is N#C/C(=C/c1cccc(F)c1)c1ccc(C(F)(F)F)cn1. The van der Waals surface area contributed by atoms with Crippen molar-refractivity contribution in [2.24, 2.45) is 0 Å². The second-order valence-electron chi connectivity index (χ2n) is 4.15. The van der Waals surface area contributed by atoms with Gasteiger partial charge >= 0.3 is 6.18 Å². The first-order valence-electron chi connectivity index (χ1n) is 5.81. The third-order valence-electron chi connectivity index (χ3n) is 2.65. The van der Waals surface area contributed by atoms with E-state index in [1.54, 1.807) is 6.07 Å². The number of hydrogen-bond donors (Lipinski definition) is 0. The Kier molecular flexibility index (Phi) is 4.03. The van der Waals surface area contributed by atoms with Crippen molar-refractivity contribution in [2.45, 2.75) is 6.18 Å². The van der Waals surface area contributed by atoms with Crippen molar-refractivity contribution in [3.8, 4) is 6.07 Å². The van der Waals surface area contributed by atoms with Crippen LogP contribution in [-0.4, -0.2) is 4.98 Å². The summed E-state index contributed by atoms with van der Waals surface area (Å²) in [5.41, 5.74) is -0.327. The van der Waals surface area contributed by atoms with Crippen LogP contribution >= 0.6 is 0 Å². The highest BCUT2D eigenvalue weighted by Gasteiger charge is 2.30. The Morgan fingerprint density at radius 1 is 1.19 bits per heavy atom. The lowest BCUT2D eigenvalue weighted by Gasteiger charge is -2.06. The fraction of sp³-hybridized carbons (Fsp3) is 0.0667. The molecular weight excluding hydrogens is 284 g/mol. The van der Waals surface area contributed by atoms with Gasteiger partial charge in [0.1, 0.15) is 11.9 Å². The van der Waals surface area contributed by atoms with E-state index >= 15 is 0 Å². The molecule has 0 fully saturated rings. The molecule has 0 amide bonds. The van der Waals surface area contributed by atoms with E-state index in [1.165, 1.54) is 24.3 Å². The van der Waals surface area contributed by atoms with E-state index < -0.39 is 17.6 Å². The highest BCUT2D eigenvalue weighted by atomic mass is 19.4. The molecule has 0 aliphatic carbocycles. The fourth-order valence-corrected chi connectivity index (χ4v) is 1.65.